The standard InChI is InChI=1S/C27H32N8O3S/c1-4-17-13-30-23(31-14-17)19-11-18(12-20-22(19)39-16-32-20)35-10-6-8-33-27(35,34-25(38)29-5-2)21-15-28-9-7-26(21,3)24(36)37/h6,8,10-14,16,21,28H,4-5,7,9,15H2,1-3H3,(H,36,37)(H2,29,34,38). The van der Waals surface area contributed by atoms with Gasteiger partial charge in [0.2, 0.25) is 5.79 Å². The Morgan fingerprint density at radius 2 is 2.03 bits per heavy atom. The summed E-state index contributed by atoms with van der Waals surface area (Å²) in [6, 6.07) is 3.43. The number of aliphatic carboxylic acids is 1. The second-order valence-corrected chi connectivity index (χ2v) is 10.7. The van der Waals surface area contributed by atoms with Gasteiger partial charge < -0.3 is 20.6 Å². The average molecular weight is 549 g/mol. The fourth-order valence-electron chi connectivity index (χ4n) is 5.32. The maximum Gasteiger partial charge on any atom is 0.318 e. The van der Waals surface area contributed by atoms with E-state index in [0.29, 0.717) is 37.6 Å². The highest BCUT2D eigenvalue weighted by Gasteiger charge is 2.57. The van der Waals surface area contributed by atoms with Crippen molar-refractivity contribution in [3.63, 3.8) is 0 Å². The lowest BCUT2D eigenvalue weighted by atomic mass is 9.68. The number of piperidine rings is 1. The van der Waals surface area contributed by atoms with E-state index >= 15 is 0 Å². The zero-order valence-corrected chi connectivity index (χ0v) is 23.0. The third-order valence-corrected chi connectivity index (χ3v) is 8.43. The molecule has 2 aromatic heterocycles. The maximum atomic E-state index is 13.1. The molecule has 39 heavy (non-hydrogen) atoms. The summed E-state index contributed by atoms with van der Waals surface area (Å²) in [5, 5.41) is 19.6. The van der Waals surface area contributed by atoms with Crippen molar-refractivity contribution >= 4 is 45.5 Å². The quantitative estimate of drug-likeness (QED) is 0.352. The Kier molecular flexibility index (Phi) is 7.32. The van der Waals surface area contributed by atoms with Crippen LogP contribution in [0.3, 0.4) is 0 Å². The van der Waals surface area contributed by atoms with Gasteiger partial charge in [-0.05, 0) is 57.0 Å². The molecule has 0 saturated carbocycles. The van der Waals surface area contributed by atoms with E-state index < -0.39 is 29.1 Å². The van der Waals surface area contributed by atoms with Crippen LogP contribution in [0.4, 0.5) is 10.5 Å². The van der Waals surface area contributed by atoms with E-state index in [2.05, 4.69) is 37.8 Å². The van der Waals surface area contributed by atoms with Crippen LogP contribution in [0.1, 0.15) is 32.8 Å². The summed E-state index contributed by atoms with van der Waals surface area (Å²) >= 11 is 1.50. The zero-order chi connectivity index (χ0) is 27.6. The molecule has 5 rings (SSSR count). The summed E-state index contributed by atoms with van der Waals surface area (Å²) in [4.78, 5) is 46.2. The Labute approximate surface area is 230 Å². The lowest BCUT2D eigenvalue weighted by molar-refractivity contribution is -0.155. The summed E-state index contributed by atoms with van der Waals surface area (Å²) in [7, 11) is 0. The van der Waals surface area contributed by atoms with Crippen molar-refractivity contribution in [2.45, 2.75) is 39.4 Å². The lowest BCUT2D eigenvalue weighted by Crippen LogP contribution is -2.71. The Morgan fingerprint density at radius 1 is 1.23 bits per heavy atom. The number of aliphatic imine (C=N–C) groups is 1. The third kappa shape index (κ3) is 4.74. The van der Waals surface area contributed by atoms with Crippen LogP contribution < -0.4 is 20.9 Å². The largest absolute Gasteiger partial charge is 0.481 e. The molecule has 2 aliphatic heterocycles. The van der Waals surface area contributed by atoms with E-state index in [1.165, 1.54) is 11.3 Å². The zero-order valence-electron chi connectivity index (χ0n) is 22.1. The highest BCUT2D eigenvalue weighted by molar-refractivity contribution is 7.17. The van der Waals surface area contributed by atoms with E-state index in [-0.39, 0.29) is 0 Å². The van der Waals surface area contributed by atoms with Crippen molar-refractivity contribution in [3.8, 4) is 11.4 Å². The summed E-state index contributed by atoms with van der Waals surface area (Å²) in [6.07, 6.45) is 10.0. The van der Waals surface area contributed by atoms with Gasteiger partial charge in [-0.25, -0.2) is 24.7 Å². The third-order valence-electron chi connectivity index (χ3n) is 7.56. The molecule has 12 heteroatoms. The summed E-state index contributed by atoms with van der Waals surface area (Å²) < 4.78 is 0.935. The van der Waals surface area contributed by atoms with Gasteiger partial charge in [0.05, 0.1) is 27.1 Å². The van der Waals surface area contributed by atoms with Crippen molar-refractivity contribution < 1.29 is 14.7 Å². The van der Waals surface area contributed by atoms with E-state index in [0.717, 1.165) is 27.8 Å². The van der Waals surface area contributed by atoms with Gasteiger partial charge in [0, 0.05) is 49.1 Å². The minimum absolute atomic E-state index is 0.338. The van der Waals surface area contributed by atoms with Crippen LogP contribution in [0, 0.1) is 11.3 Å². The topological polar surface area (TPSA) is 145 Å². The number of benzene rings is 1. The number of amides is 2. The molecule has 2 aliphatic rings. The normalized spacial score (nSPS) is 24.6. The molecule has 0 spiro atoms. The molecule has 4 N–H and O–H groups in total. The Bertz CT molecular complexity index is 1440. The van der Waals surface area contributed by atoms with Gasteiger partial charge in [-0.15, -0.1) is 11.3 Å². The molecular weight excluding hydrogens is 516 g/mol. The highest BCUT2D eigenvalue weighted by atomic mass is 32.1. The molecular formula is C27H32N8O3S. The molecule has 204 valence electrons. The number of fused-ring (bicyclic) bond motifs is 1. The van der Waals surface area contributed by atoms with Crippen LogP contribution >= 0.6 is 11.3 Å². The number of carboxylic acid groups (broad SMARTS) is 1. The number of aryl methyl sites for hydroxylation is 1. The Balaban J connectivity index is 1.70. The number of hydrogen-bond acceptors (Lipinski definition) is 9. The molecule has 1 aromatic carbocycles. The van der Waals surface area contributed by atoms with Crippen LogP contribution in [0.5, 0.6) is 0 Å². The van der Waals surface area contributed by atoms with Gasteiger partial charge >= 0.3 is 12.0 Å². The number of urea groups is 1. The predicted octanol–water partition coefficient (Wildman–Crippen LogP) is 3.39. The van der Waals surface area contributed by atoms with Crippen molar-refractivity contribution in [1.82, 2.24) is 30.9 Å². The molecule has 3 unspecified atom stereocenters. The van der Waals surface area contributed by atoms with Gasteiger partial charge in [0.15, 0.2) is 5.82 Å². The number of carboxylic acids is 1. The van der Waals surface area contributed by atoms with Crippen LogP contribution in [-0.2, 0) is 11.2 Å². The van der Waals surface area contributed by atoms with Gasteiger partial charge in [-0.1, -0.05) is 6.92 Å². The van der Waals surface area contributed by atoms with Gasteiger partial charge in [-0.2, -0.15) is 0 Å². The summed E-state index contributed by atoms with van der Waals surface area (Å²) in [5.74, 6) is -2.45. The molecule has 11 nitrogen and oxygen atoms in total. The first-order chi connectivity index (χ1) is 18.8. The summed E-state index contributed by atoms with van der Waals surface area (Å²) in [5.41, 5.74) is 3.85. The number of anilines is 1. The Hall–Kier alpha value is -3.90. The smallest absolute Gasteiger partial charge is 0.318 e. The van der Waals surface area contributed by atoms with E-state index in [9.17, 15) is 14.7 Å². The SMILES string of the molecule is CCNC(=O)NC1(C2CNCCC2(C)C(=O)O)N=CC=CN1c1cc(-c2ncc(CC)cn2)c2scnc2c1. The second-order valence-electron chi connectivity index (χ2n) is 9.89. The van der Waals surface area contributed by atoms with Gasteiger partial charge in [-0.3, -0.25) is 10.1 Å². The molecule has 0 bridgehead atoms. The highest BCUT2D eigenvalue weighted by Crippen LogP contribution is 2.46. The first kappa shape index (κ1) is 26.7. The maximum absolute atomic E-state index is 13.1. The average Bonchev–Trinajstić information content (AvgIpc) is 3.42. The number of carbonyl (C=O) groups excluding carboxylic acids is 1. The number of allylic oxidation sites excluding steroid dienone is 1. The predicted molar refractivity (Wildman–Crippen MR) is 152 cm³/mol. The number of rotatable bonds is 7. The molecule has 3 atom stereocenters. The van der Waals surface area contributed by atoms with Crippen LogP contribution in [0.2, 0.25) is 0 Å². The molecule has 1 saturated heterocycles. The van der Waals surface area contributed by atoms with E-state index in [1.54, 1.807) is 24.7 Å². The lowest BCUT2D eigenvalue weighted by Gasteiger charge is -2.52. The van der Waals surface area contributed by atoms with Crippen LogP contribution in [0.15, 0.2) is 47.3 Å². The number of hydrogen-bond donors (Lipinski definition) is 4. The molecule has 0 radical (unpaired) electrons. The van der Waals surface area contributed by atoms with E-state index in [1.807, 2.05) is 42.6 Å². The van der Waals surface area contributed by atoms with Crippen LogP contribution in [-0.4, -0.2) is 63.7 Å². The minimum atomic E-state index is -1.44. The summed E-state index contributed by atoms with van der Waals surface area (Å²) in [6.45, 7) is 6.90. The number of thiazole rings is 1. The first-order valence-electron chi connectivity index (χ1n) is 13.0. The van der Waals surface area contributed by atoms with Gasteiger partial charge in [0.1, 0.15) is 0 Å². The fraction of sp³-hybridized carbons (Fsp3) is 0.407. The van der Waals surface area contributed by atoms with Gasteiger partial charge in [0.25, 0.3) is 0 Å². The number of aromatic nitrogens is 3. The van der Waals surface area contributed by atoms with Crippen molar-refractivity contribution in [1.29, 1.82) is 0 Å². The van der Waals surface area contributed by atoms with Crippen molar-refractivity contribution in [2.24, 2.45) is 16.3 Å². The van der Waals surface area contributed by atoms with Crippen molar-refractivity contribution in [2.75, 3.05) is 24.5 Å². The second kappa shape index (κ2) is 10.7. The number of nitrogens with one attached hydrogen (secondary N) is 3. The van der Waals surface area contributed by atoms with Crippen molar-refractivity contribution in [3.05, 3.63) is 47.9 Å². The fourth-order valence-corrected chi connectivity index (χ4v) is 6.10. The number of carbonyl (C=O) groups is 2. The first-order valence-corrected chi connectivity index (χ1v) is 13.9. The molecule has 2 amide bonds. The van der Waals surface area contributed by atoms with E-state index in [4.69, 9.17) is 4.99 Å². The molecule has 1 fully saturated rings. The number of nitrogens with zero attached hydrogens (tertiary/aromatic N) is 5. The Morgan fingerprint density at radius 3 is 2.74 bits per heavy atom. The molecule has 3 aromatic rings. The monoisotopic (exact) mass is 548 g/mol. The minimum Gasteiger partial charge on any atom is -0.481 e. The van der Waals surface area contributed by atoms with Crippen LogP contribution in [0.25, 0.3) is 21.6 Å². The molecule has 0 aliphatic carbocycles. The molecule has 4 heterocycles.